The summed E-state index contributed by atoms with van der Waals surface area (Å²) in [4.78, 5) is 11.6. The maximum Gasteiger partial charge on any atom is 0.229 e. The Bertz CT molecular complexity index is 1120. The third-order valence-corrected chi connectivity index (χ3v) is 4.74. The maximum absolute atomic E-state index is 5.56. The highest BCUT2D eigenvalue weighted by Crippen LogP contribution is 2.34. The Morgan fingerprint density at radius 3 is 2.31 bits per heavy atom. The topological polar surface area (TPSA) is 50.3 Å². The molecule has 1 heterocycles. The molecule has 5 nitrogen and oxygen atoms in total. The van der Waals surface area contributed by atoms with E-state index in [-0.39, 0.29) is 12.4 Å². The summed E-state index contributed by atoms with van der Waals surface area (Å²) in [6.45, 7) is 2.06. The lowest BCUT2D eigenvalue weighted by atomic mass is 10.2. The van der Waals surface area contributed by atoms with Gasteiger partial charge in [0, 0.05) is 23.8 Å². The van der Waals surface area contributed by atoms with E-state index in [0.717, 1.165) is 39.4 Å². The lowest BCUT2D eigenvalue weighted by Gasteiger charge is -2.21. The zero-order valence-electron chi connectivity index (χ0n) is 16.6. The first-order valence-electron chi connectivity index (χ1n) is 9.13. The van der Waals surface area contributed by atoms with Gasteiger partial charge in [-0.15, -0.1) is 12.4 Å². The average molecular weight is 407 g/mol. The second-order valence-corrected chi connectivity index (χ2v) is 6.56. The van der Waals surface area contributed by atoms with Crippen LogP contribution in [-0.4, -0.2) is 24.1 Å². The van der Waals surface area contributed by atoms with Gasteiger partial charge in [-0.1, -0.05) is 42.5 Å². The normalized spacial score (nSPS) is 10.3. The zero-order valence-corrected chi connectivity index (χ0v) is 17.4. The standard InChI is InChI=1S/C23H22N4O.ClH/c1-16-10-7-8-14-19(16)24-23-25-21-18(13-9-15-20(21)28-3)22(26-23)27(2)17-11-5-4-6-12-17;/h4-15H,1-3H3,(H,24,25,26);1H. The molecule has 0 aliphatic rings. The van der Waals surface area contributed by atoms with Crippen molar-refractivity contribution in [3.8, 4) is 5.75 Å². The minimum atomic E-state index is 0. The van der Waals surface area contributed by atoms with Gasteiger partial charge in [0.1, 0.15) is 17.1 Å². The number of hydrogen-bond acceptors (Lipinski definition) is 5. The van der Waals surface area contributed by atoms with E-state index in [1.807, 2.05) is 61.6 Å². The predicted octanol–water partition coefficient (Wildman–Crippen LogP) is 5.88. The maximum atomic E-state index is 5.56. The Balaban J connectivity index is 0.00000240. The summed E-state index contributed by atoms with van der Waals surface area (Å²) in [6, 6.07) is 24.1. The van der Waals surface area contributed by atoms with Crippen LogP contribution in [0.25, 0.3) is 10.9 Å². The van der Waals surface area contributed by atoms with Crippen LogP contribution in [0, 0.1) is 6.92 Å². The fraction of sp³-hybridized carbons (Fsp3) is 0.130. The summed E-state index contributed by atoms with van der Waals surface area (Å²) in [5.74, 6) is 2.06. The van der Waals surface area contributed by atoms with Crippen molar-refractivity contribution in [3.63, 3.8) is 0 Å². The van der Waals surface area contributed by atoms with Gasteiger partial charge in [0.15, 0.2) is 0 Å². The minimum absolute atomic E-state index is 0. The summed E-state index contributed by atoms with van der Waals surface area (Å²) in [6.07, 6.45) is 0. The molecule has 0 spiro atoms. The molecule has 0 amide bonds. The first kappa shape index (κ1) is 20.4. The van der Waals surface area contributed by atoms with Crippen molar-refractivity contribution >= 4 is 46.5 Å². The van der Waals surface area contributed by atoms with Gasteiger partial charge in [-0.2, -0.15) is 4.98 Å². The van der Waals surface area contributed by atoms with E-state index < -0.39 is 0 Å². The fourth-order valence-corrected chi connectivity index (χ4v) is 3.19. The molecular weight excluding hydrogens is 384 g/mol. The molecule has 29 heavy (non-hydrogen) atoms. The number of rotatable bonds is 5. The van der Waals surface area contributed by atoms with Crippen LogP contribution in [0.1, 0.15) is 5.56 Å². The monoisotopic (exact) mass is 406 g/mol. The molecule has 0 saturated heterocycles. The zero-order chi connectivity index (χ0) is 19.5. The van der Waals surface area contributed by atoms with E-state index >= 15 is 0 Å². The molecule has 148 valence electrons. The van der Waals surface area contributed by atoms with Crippen LogP contribution in [-0.2, 0) is 0 Å². The van der Waals surface area contributed by atoms with Crippen molar-refractivity contribution in [1.29, 1.82) is 0 Å². The number of methoxy groups -OCH3 is 1. The molecule has 0 radical (unpaired) electrons. The van der Waals surface area contributed by atoms with E-state index in [9.17, 15) is 0 Å². The molecule has 0 aliphatic heterocycles. The second kappa shape index (κ2) is 8.80. The van der Waals surface area contributed by atoms with Crippen LogP contribution < -0.4 is 15.0 Å². The molecular formula is C23H23ClN4O. The van der Waals surface area contributed by atoms with Gasteiger partial charge < -0.3 is 15.0 Å². The van der Waals surface area contributed by atoms with E-state index in [1.165, 1.54) is 0 Å². The minimum Gasteiger partial charge on any atom is -0.494 e. The highest BCUT2D eigenvalue weighted by atomic mass is 35.5. The summed E-state index contributed by atoms with van der Waals surface area (Å²) in [7, 11) is 3.67. The number of anilines is 4. The largest absolute Gasteiger partial charge is 0.494 e. The highest BCUT2D eigenvalue weighted by molar-refractivity contribution is 5.96. The molecule has 1 aromatic heterocycles. The number of aromatic nitrogens is 2. The molecule has 0 aliphatic carbocycles. The number of hydrogen-bond donors (Lipinski definition) is 1. The number of nitrogens with one attached hydrogen (secondary N) is 1. The van der Waals surface area contributed by atoms with Crippen molar-refractivity contribution in [2.75, 3.05) is 24.4 Å². The Hall–Kier alpha value is -3.31. The Morgan fingerprint density at radius 2 is 1.59 bits per heavy atom. The predicted molar refractivity (Wildman–Crippen MR) is 122 cm³/mol. The van der Waals surface area contributed by atoms with Gasteiger partial charge in [0.05, 0.1) is 7.11 Å². The molecule has 0 fully saturated rings. The van der Waals surface area contributed by atoms with Crippen LogP contribution in [0.5, 0.6) is 5.75 Å². The van der Waals surface area contributed by atoms with Crippen molar-refractivity contribution in [1.82, 2.24) is 9.97 Å². The molecule has 0 saturated carbocycles. The van der Waals surface area contributed by atoms with Gasteiger partial charge >= 0.3 is 0 Å². The smallest absolute Gasteiger partial charge is 0.229 e. The molecule has 3 aromatic carbocycles. The number of para-hydroxylation sites is 3. The fourth-order valence-electron chi connectivity index (χ4n) is 3.19. The molecule has 0 unspecified atom stereocenters. The molecule has 0 bridgehead atoms. The van der Waals surface area contributed by atoms with Gasteiger partial charge in [-0.25, -0.2) is 4.98 Å². The summed E-state index contributed by atoms with van der Waals surface area (Å²) in [5, 5.41) is 4.29. The number of nitrogens with zero attached hydrogens (tertiary/aromatic N) is 3. The second-order valence-electron chi connectivity index (χ2n) is 6.56. The summed E-state index contributed by atoms with van der Waals surface area (Å²) in [5.41, 5.74) is 3.93. The van der Waals surface area contributed by atoms with Crippen molar-refractivity contribution in [2.45, 2.75) is 6.92 Å². The van der Waals surface area contributed by atoms with Gasteiger partial charge in [0.2, 0.25) is 5.95 Å². The first-order chi connectivity index (χ1) is 13.7. The third-order valence-electron chi connectivity index (χ3n) is 4.74. The van der Waals surface area contributed by atoms with Crippen LogP contribution in [0.15, 0.2) is 72.8 Å². The van der Waals surface area contributed by atoms with E-state index in [4.69, 9.17) is 14.7 Å². The quantitative estimate of drug-likeness (QED) is 0.448. The molecule has 0 atom stereocenters. The Labute approximate surface area is 176 Å². The lowest BCUT2D eigenvalue weighted by molar-refractivity contribution is 0.419. The molecule has 4 rings (SSSR count). The van der Waals surface area contributed by atoms with Crippen molar-refractivity contribution in [3.05, 3.63) is 78.4 Å². The number of halogens is 1. The SMILES string of the molecule is COc1cccc2c(N(C)c3ccccc3)nc(Nc3ccccc3C)nc12.Cl. The number of ether oxygens (including phenoxy) is 1. The molecule has 6 heteroatoms. The van der Waals surface area contributed by atoms with Crippen LogP contribution in [0.3, 0.4) is 0 Å². The molecule has 4 aromatic rings. The van der Waals surface area contributed by atoms with E-state index in [2.05, 4.69) is 35.3 Å². The summed E-state index contributed by atoms with van der Waals surface area (Å²) < 4.78 is 5.56. The Morgan fingerprint density at radius 1 is 0.862 bits per heavy atom. The van der Waals surface area contributed by atoms with Crippen molar-refractivity contribution in [2.24, 2.45) is 0 Å². The van der Waals surface area contributed by atoms with Crippen molar-refractivity contribution < 1.29 is 4.74 Å². The van der Waals surface area contributed by atoms with E-state index in [1.54, 1.807) is 7.11 Å². The Kier molecular flexibility index (Phi) is 6.20. The highest BCUT2D eigenvalue weighted by Gasteiger charge is 2.16. The van der Waals surface area contributed by atoms with Gasteiger partial charge in [0.25, 0.3) is 0 Å². The average Bonchev–Trinajstić information content (AvgIpc) is 2.74. The first-order valence-corrected chi connectivity index (χ1v) is 9.13. The van der Waals surface area contributed by atoms with Crippen LogP contribution in [0.4, 0.5) is 23.1 Å². The lowest BCUT2D eigenvalue weighted by Crippen LogP contribution is -2.13. The van der Waals surface area contributed by atoms with Crippen LogP contribution >= 0.6 is 12.4 Å². The van der Waals surface area contributed by atoms with Crippen LogP contribution in [0.2, 0.25) is 0 Å². The number of benzene rings is 3. The number of aryl methyl sites for hydroxylation is 1. The van der Waals surface area contributed by atoms with Gasteiger partial charge in [-0.3, -0.25) is 0 Å². The van der Waals surface area contributed by atoms with E-state index in [0.29, 0.717) is 5.95 Å². The number of fused-ring (bicyclic) bond motifs is 1. The molecule has 1 N–H and O–H groups in total. The third kappa shape index (κ3) is 4.10. The summed E-state index contributed by atoms with van der Waals surface area (Å²) >= 11 is 0. The van der Waals surface area contributed by atoms with Gasteiger partial charge in [-0.05, 0) is 42.8 Å².